The average Bonchev–Trinajstić information content (AvgIpc) is 2.85. The normalized spacial score (nSPS) is 16.9. The van der Waals surface area contributed by atoms with Gasteiger partial charge in [-0.25, -0.2) is 0 Å². The maximum Gasteiger partial charge on any atom is 0.0659 e. The van der Waals surface area contributed by atoms with Gasteiger partial charge in [0.05, 0.1) is 12.7 Å². The van der Waals surface area contributed by atoms with Crippen LogP contribution in [-0.2, 0) is 13.1 Å². The Kier molecular flexibility index (Phi) is 3.88. The quantitative estimate of drug-likeness (QED) is 0.872. The Balaban J connectivity index is 1.49. The molecule has 1 N–H and O–H groups in total. The molecule has 0 unspecified atom stereocenters. The van der Waals surface area contributed by atoms with Crippen molar-refractivity contribution >= 4 is 0 Å². The van der Waals surface area contributed by atoms with Gasteiger partial charge in [-0.1, -0.05) is 43.7 Å². The molecule has 0 saturated heterocycles. The molecule has 2 aromatic rings. The van der Waals surface area contributed by atoms with Crippen molar-refractivity contribution in [2.45, 2.75) is 39.3 Å². The van der Waals surface area contributed by atoms with Gasteiger partial charge in [-0.2, -0.15) is 5.10 Å². The van der Waals surface area contributed by atoms with E-state index in [0.717, 1.165) is 19.6 Å². The molecule has 0 atom stereocenters. The molecule has 20 heavy (non-hydrogen) atoms. The molecule has 3 nitrogen and oxygen atoms in total. The van der Waals surface area contributed by atoms with E-state index in [4.69, 9.17) is 0 Å². The summed E-state index contributed by atoms with van der Waals surface area (Å²) >= 11 is 0. The van der Waals surface area contributed by atoms with Crippen LogP contribution in [0.1, 0.15) is 37.3 Å². The van der Waals surface area contributed by atoms with Gasteiger partial charge in [0.2, 0.25) is 0 Å². The zero-order chi connectivity index (χ0) is 13.8. The second-order valence-electron chi connectivity index (χ2n) is 6.30. The van der Waals surface area contributed by atoms with E-state index in [1.807, 2.05) is 16.9 Å². The summed E-state index contributed by atoms with van der Waals surface area (Å²) in [4.78, 5) is 0. The van der Waals surface area contributed by atoms with E-state index in [1.165, 1.54) is 30.4 Å². The second-order valence-corrected chi connectivity index (χ2v) is 6.30. The Labute approximate surface area is 121 Å². The van der Waals surface area contributed by atoms with E-state index in [1.54, 1.807) is 0 Å². The molecule has 1 heterocycles. The highest BCUT2D eigenvalue weighted by Crippen LogP contribution is 2.39. The molecule has 1 aromatic carbocycles. The van der Waals surface area contributed by atoms with Gasteiger partial charge in [0.1, 0.15) is 0 Å². The van der Waals surface area contributed by atoms with Crippen LogP contribution in [0.5, 0.6) is 0 Å². The summed E-state index contributed by atoms with van der Waals surface area (Å²) in [7, 11) is 0. The lowest BCUT2D eigenvalue weighted by Crippen LogP contribution is -2.36. The Morgan fingerprint density at radius 1 is 1.20 bits per heavy atom. The molecular weight excluding hydrogens is 246 g/mol. The van der Waals surface area contributed by atoms with Gasteiger partial charge in [-0.05, 0) is 23.8 Å². The Hall–Kier alpha value is -1.61. The molecular formula is C17H23N3. The molecule has 1 aliphatic rings. The summed E-state index contributed by atoms with van der Waals surface area (Å²) in [5.41, 5.74) is 3.10. The van der Waals surface area contributed by atoms with Gasteiger partial charge in [0.25, 0.3) is 0 Å². The monoisotopic (exact) mass is 269 g/mol. The van der Waals surface area contributed by atoms with Gasteiger partial charge in [0.15, 0.2) is 0 Å². The third-order valence-electron chi connectivity index (χ3n) is 4.32. The lowest BCUT2D eigenvalue weighted by molar-refractivity contribution is 0.156. The number of rotatable bonds is 6. The van der Waals surface area contributed by atoms with Gasteiger partial charge in [-0.15, -0.1) is 0 Å². The van der Waals surface area contributed by atoms with Crippen LogP contribution in [-0.4, -0.2) is 16.3 Å². The van der Waals surface area contributed by atoms with Crippen molar-refractivity contribution in [3.8, 4) is 0 Å². The predicted molar refractivity (Wildman–Crippen MR) is 81.4 cm³/mol. The third kappa shape index (κ3) is 3.28. The number of nitrogens with one attached hydrogen (secondary N) is 1. The molecule has 0 spiro atoms. The first-order chi connectivity index (χ1) is 9.73. The number of benzene rings is 1. The Morgan fingerprint density at radius 3 is 2.70 bits per heavy atom. The summed E-state index contributed by atoms with van der Waals surface area (Å²) in [6, 6.07) is 10.5. The molecule has 3 heteroatoms. The first-order valence-corrected chi connectivity index (χ1v) is 7.50. The van der Waals surface area contributed by atoms with Gasteiger partial charge in [-0.3, -0.25) is 4.68 Å². The Morgan fingerprint density at radius 2 is 2.00 bits per heavy atom. The molecule has 3 rings (SSSR count). The molecule has 0 amide bonds. The topological polar surface area (TPSA) is 29.9 Å². The molecule has 0 radical (unpaired) electrons. The molecule has 106 valence electrons. The highest BCUT2D eigenvalue weighted by atomic mass is 15.3. The zero-order valence-electron chi connectivity index (χ0n) is 12.2. The molecule has 0 bridgehead atoms. The second kappa shape index (κ2) is 5.80. The summed E-state index contributed by atoms with van der Waals surface area (Å²) in [6.07, 6.45) is 8.25. The van der Waals surface area contributed by atoms with Crippen molar-refractivity contribution < 1.29 is 0 Å². The minimum Gasteiger partial charge on any atom is -0.312 e. The van der Waals surface area contributed by atoms with E-state index in [0.29, 0.717) is 5.41 Å². The molecule has 1 aromatic heterocycles. The van der Waals surface area contributed by atoms with Crippen LogP contribution in [0.15, 0.2) is 42.7 Å². The number of hydrogen-bond acceptors (Lipinski definition) is 2. The highest BCUT2D eigenvalue weighted by molar-refractivity contribution is 5.15. The van der Waals surface area contributed by atoms with Crippen LogP contribution in [0.25, 0.3) is 0 Å². The van der Waals surface area contributed by atoms with Crippen LogP contribution in [0.2, 0.25) is 0 Å². The fourth-order valence-corrected chi connectivity index (χ4v) is 2.82. The van der Waals surface area contributed by atoms with Crippen molar-refractivity contribution in [1.82, 2.24) is 15.1 Å². The maximum absolute atomic E-state index is 4.44. The van der Waals surface area contributed by atoms with E-state index >= 15 is 0 Å². The molecule has 0 aliphatic heterocycles. The average molecular weight is 269 g/mol. The van der Waals surface area contributed by atoms with Crippen LogP contribution in [0.4, 0.5) is 0 Å². The smallest absolute Gasteiger partial charge is 0.0659 e. The molecule has 1 fully saturated rings. The first-order valence-electron chi connectivity index (χ1n) is 7.50. The number of aromatic nitrogens is 2. The first kappa shape index (κ1) is 13.4. The summed E-state index contributed by atoms with van der Waals surface area (Å²) in [5, 5.41) is 8.01. The number of nitrogens with zero attached hydrogens (tertiary/aromatic N) is 2. The standard InChI is InChI=1S/C17H23N3/c1-17(8-5-9-17)14-18-10-16-11-19-20(13-16)12-15-6-3-2-4-7-15/h2-4,6-7,11,13,18H,5,8-10,12,14H2,1H3. The van der Waals surface area contributed by atoms with Crippen LogP contribution < -0.4 is 5.32 Å². The van der Waals surface area contributed by atoms with E-state index in [9.17, 15) is 0 Å². The van der Waals surface area contributed by atoms with E-state index < -0.39 is 0 Å². The van der Waals surface area contributed by atoms with Crippen molar-refractivity contribution in [2.75, 3.05) is 6.54 Å². The predicted octanol–water partition coefficient (Wildman–Crippen LogP) is 3.21. The van der Waals surface area contributed by atoms with Crippen LogP contribution in [0, 0.1) is 5.41 Å². The lowest BCUT2D eigenvalue weighted by Gasteiger charge is -2.38. The fraction of sp³-hybridized carbons (Fsp3) is 0.471. The summed E-state index contributed by atoms with van der Waals surface area (Å²) < 4.78 is 2.01. The summed E-state index contributed by atoms with van der Waals surface area (Å²) in [6.45, 7) is 5.27. The minimum atomic E-state index is 0.542. The van der Waals surface area contributed by atoms with Gasteiger partial charge in [0, 0.05) is 24.8 Å². The highest BCUT2D eigenvalue weighted by Gasteiger charge is 2.30. The van der Waals surface area contributed by atoms with Crippen molar-refractivity contribution in [1.29, 1.82) is 0 Å². The molecule has 1 saturated carbocycles. The maximum atomic E-state index is 4.44. The fourth-order valence-electron chi connectivity index (χ4n) is 2.82. The van der Waals surface area contributed by atoms with E-state index in [2.05, 4.69) is 47.8 Å². The van der Waals surface area contributed by atoms with Crippen LogP contribution >= 0.6 is 0 Å². The van der Waals surface area contributed by atoms with Crippen LogP contribution in [0.3, 0.4) is 0 Å². The lowest BCUT2D eigenvalue weighted by atomic mass is 9.70. The largest absolute Gasteiger partial charge is 0.312 e. The minimum absolute atomic E-state index is 0.542. The number of hydrogen-bond donors (Lipinski definition) is 1. The van der Waals surface area contributed by atoms with Gasteiger partial charge >= 0.3 is 0 Å². The van der Waals surface area contributed by atoms with Gasteiger partial charge < -0.3 is 5.32 Å². The summed E-state index contributed by atoms with van der Waals surface area (Å²) in [5.74, 6) is 0. The van der Waals surface area contributed by atoms with Crippen molar-refractivity contribution in [3.63, 3.8) is 0 Å². The van der Waals surface area contributed by atoms with Crippen molar-refractivity contribution in [2.24, 2.45) is 5.41 Å². The third-order valence-corrected chi connectivity index (χ3v) is 4.32. The zero-order valence-corrected chi connectivity index (χ0v) is 12.2. The SMILES string of the molecule is CC1(CNCc2cnn(Cc3ccccc3)c2)CCC1. The van der Waals surface area contributed by atoms with Crippen molar-refractivity contribution in [3.05, 3.63) is 53.9 Å². The Bertz CT molecular complexity index is 540. The van der Waals surface area contributed by atoms with E-state index in [-0.39, 0.29) is 0 Å². The molecule has 1 aliphatic carbocycles.